The zero-order valence-electron chi connectivity index (χ0n) is 16.0. The molecule has 0 N–H and O–H groups in total. The molecule has 0 aliphatic heterocycles. The summed E-state index contributed by atoms with van der Waals surface area (Å²) in [6.45, 7) is 6.60. The fourth-order valence-electron chi connectivity index (χ4n) is 3.06. The van der Waals surface area contributed by atoms with E-state index in [1.54, 1.807) is 4.90 Å². The van der Waals surface area contributed by atoms with Gasteiger partial charge in [-0.1, -0.05) is 35.2 Å². The maximum absolute atomic E-state index is 12.1. The molecule has 0 aromatic heterocycles. The molecule has 1 saturated carbocycles. The van der Waals surface area contributed by atoms with Gasteiger partial charge in [-0.3, -0.25) is 0 Å². The summed E-state index contributed by atoms with van der Waals surface area (Å²) < 4.78 is 11.5. The van der Waals surface area contributed by atoms with Gasteiger partial charge in [-0.2, -0.15) is 0 Å². The average Bonchev–Trinajstić information content (AvgIpc) is 2.52. The number of ether oxygens (including phenoxy) is 2. The molecule has 0 unspecified atom stereocenters. The predicted octanol–water partition coefficient (Wildman–Crippen LogP) is 5.53. The summed E-state index contributed by atoms with van der Waals surface area (Å²) in [4.78, 5) is 13.9. The number of carbonyl (C=O) groups is 1. The normalized spacial score (nSPS) is 21.5. The van der Waals surface area contributed by atoms with Gasteiger partial charge in [-0.15, -0.1) is 0 Å². The van der Waals surface area contributed by atoms with Crippen LogP contribution in [0.4, 0.5) is 4.79 Å². The Balaban J connectivity index is 2.14. The fraction of sp³-hybridized carbons (Fsp3) is 0.947. The molecule has 0 bridgehead atoms. The predicted molar refractivity (Wildman–Crippen MR) is 103 cm³/mol. The van der Waals surface area contributed by atoms with Crippen LogP contribution in [-0.4, -0.2) is 47.7 Å². The minimum Gasteiger partial charge on any atom is -0.444 e. The highest BCUT2D eigenvalue weighted by Crippen LogP contribution is 2.25. The third kappa shape index (κ3) is 9.26. The Morgan fingerprint density at radius 1 is 1.04 bits per heavy atom. The van der Waals surface area contributed by atoms with Gasteiger partial charge in [0.25, 0.3) is 0 Å². The molecular formula is C19H36BrNO3. The van der Waals surface area contributed by atoms with Crippen LogP contribution in [-0.2, 0) is 9.47 Å². The van der Waals surface area contributed by atoms with Crippen LogP contribution in [0.3, 0.4) is 0 Å². The van der Waals surface area contributed by atoms with Crippen molar-refractivity contribution in [2.45, 2.75) is 96.3 Å². The first kappa shape index (κ1) is 21.8. The second-order valence-corrected chi connectivity index (χ2v) is 8.64. The number of amides is 1. The number of nitrogens with zero attached hydrogens (tertiary/aromatic N) is 1. The number of unbranched alkanes of at least 4 members (excludes halogenated alkanes) is 4. The van der Waals surface area contributed by atoms with E-state index in [9.17, 15) is 4.79 Å². The second kappa shape index (κ2) is 11.3. The Morgan fingerprint density at radius 3 is 2.21 bits per heavy atom. The zero-order valence-corrected chi connectivity index (χ0v) is 17.6. The van der Waals surface area contributed by atoms with Gasteiger partial charge in [0.05, 0.1) is 6.10 Å². The zero-order chi connectivity index (χ0) is 18.0. The molecule has 0 spiro atoms. The molecule has 1 aliphatic rings. The van der Waals surface area contributed by atoms with Gasteiger partial charge < -0.3 is 14.4 Å². The maximum Gasteiger partial charge on any atom is 0.410 e. The van der Waals surface area contributed by atoms with Crippen LogP contribution in [0.15, 0.2) is 0 Å². The maximum atomic E-state index is 12.1. The second-order valence-electron chi connectivity index (χ2n) is 7.85. The van der Waals surface area contributed by atoms with Gasteiger partial charge in [0, 0.05) is 25.0 Å². The van der Waals surface area contributed by atoms with E-state index in [1.807, 2.05) is 27.8 Å². The molecule has 0 heterocycles. The summed E-state index contributed by atoms with van der Waals surface area (Å²) in [6.07, 6.45) is 10.6. The van der Waals surface area contributed by atoms with Crippen molar-refractivity contribution in [3.63, 3.8) is 0 Å². The van der Waals surface area contributed by atoms with Crippen LogP contribution in [0.25, 0.3) is 0 Å². The van der Waals surface area contributed by atoms with E-state index in [0.29, 0.717) is 6.10 Å². The first-order chi connectivity index (χ1) is 11.3. The summed E-state index contributed by atoms with van der Waals surface area (Å²) in [5.74, 6) is 0. The molecule has 5 heteroatoms. The lowest BCUT2D eigenvalue weighted by Gasteiger charge is -2.35. The monoisotopic (exact) mass is 405 g/mol. The summed E-state index contributed by atoms with van der Waals surface area (Å²) in [5.41, 5.74) is -0.430. The lowest BCUT2D eigenvalue weighted by Crippen LogP contribution is -2.43. The van der Waals surface area contributed by atoms with Crippen LogP contribution in [0.1, 0.15) is 78.6 Å². The van der Waals surface area contributed by atoms with Crippen molar-refractivity contribution < 1.29 is 14.3 Å². The molecular weight excluding hydrogens is 370 g/mol. The van der Waals surface area contributed by atoms with E-state index < -0.39 is 5.60 Å². The van der Waals surface area contributed by atoms with Crippen LogP contribution < -0.4 is 0 Å². The highest BCUT2D eigenvalue weighted by molar-refractivity contribution is 9.09. The van der Waals surface area contributed by atoms with Crippen molar-refractivity contribution in [2.24, 2.45) is 0 Å². The smallest absolute Gasteiger partial charge is 0.410 e. The van der Waals surface area contributed by atoms with Crippen LogP contribution in [0.5, 0.6) is 0 Å². The van der Waals surface area contributed by atoms with E-state index >= 15 is 0 Å². The van der Waals surface area contributed by atoms with Crippen molar-refractivity contribution in [3.8, 4) is 0 Å². The summed E-state index contributed by atoms with van der Waals surface area (Å²) >= 11 is 3.47. The van der Waals surface area contributed by atoms with Gasteiger partial charge in [-0.25, -0.2) is 4.79 Å². The highest BCUT2D eigenvalue weighted by Gasteiger charge is 2.29. The SMILES string of the molecule is CN(C(=O)OC(C)(C)C)[C@H]1CC[C@H](OCCCCCCCBr)CC1. The first-order valence-corrected chi connectivity index (χ1v) is 10.6. The van der Waals surface area contributed by atoms with Crippen LogP contribution in [0.2, 0.25) is 0 Å². The molecule has 142 valence electrons. The Labute approximate surface area is 156 Å². The minimum atomic E-state index is -0.430. The number of alkyl halides is 1. The Kier molecular flexibility index (Phi) is 10.3. The Bertz CT molecular complexity index is 349. The van der Waals surface area contributed by atoms with Gasteiger partial charge in [0.15, 0.2) is 0 Å². The Morgan fingerprint density at radius 2 is 1.62 bits per heavy atom. The summed E-state index contributed by atoms with van der Waals surface area (Å²) in [6, 6.07) is 0.281. The van der Waals surface area contributed by atoms with E-state index in [1.165, 1.54) is 32.1 Å². The Hall–Kier alpha value is -0.290. The van der Waals surface area contributed by atoms with E-state index in [0.717, 1.165) is 37.6 Å². The molecule has 0 radical (unpaired) electrons. The van der Waals surface area contributed by atoms with Crippen LogP contribution in [0, 0.1) is 0 Å². The highest BCUT2D eigenvalue weighted by atomic mass is 79.9. The quantitative estimate of drug-likeness (QED) is 0.374. The van der Waals surface area contributed by atoms with Crippen molar-refractivity contribution in [3.05, 3.63) is 0 Å². The fourth-order valence-corrected chi connectivity index (χ4v) is 3.46. The number of hydrogen-bond donors (Lipinski definition) is 0. The number of rotatable bonds is 9. The third-order valence-electron chi connectivity index (χ3n) is 4.50. The molecule has 1 aliphatic carbocycles. The minimum absolute atomic E-state index is 0.213. The van der Waals surface area contributed by atoms with Gasteiger partial charge in [-0.05, 0) is 59.3 Å². The van der Waals surface area contributed by atoms with Gasteiger partial charge in [0.2, 0.25) is 0 Å². The van der Waals surface area contributed by atoms with Gasteiger partial charge in [0.1, 0.15) is 5.60 Å². The van der Waals surface area contributed by atoms with Gasteiger partial charge >= 0.3 is 6.09 Å². The molecule has 4 nitrogen and oxygen atoms in total. The number of hydrogen-bond acceptors (Lipinski definition) is 3. The van der Waals surface area contributed by atoms with Crippen molar-refractivity contribution in [1.29, 1.82) is 0 Å². The summed E-state index contributed by atoms with van der Waals surface area (Å²) in [7, 11) is 1.85. The number of carbonyl (C=O) groups excluding carboxylic acids is 1. The van der Waals surface area contributed by atoms with E-state index in [4.69, 9.17) is 9.47 Å². The molecule has 0 aromatic rings. The first-order valence-electron chi connectivity index (χ1n) is 9.47. The molecule has 1 amide bonds. The lowest BCUT2D eigenvalue weighted by molar-refractivity contribution is -0.00581. The molecule has 0 saturated heterocycles. The molecule has 1 fully saturated rings. The number of halogens is 1. The van der Waals surface area contributed by atoms with Crippen LogP contribution >= 0.6 is 15.9 Å². The molecule has 0 atom stereocenters. The molecule has 1 rings (SSSR count). The standard InChI is InChI=1S/C19H36BrNO3/c1-19(2,3)24-18(22)21(4)16-10-12-17(13-11-16)23-15-9-7-5-6-8-14-20/h16-17H,5-15H2,1-4H3/t16-,17-. The summed E-state index contributed by atoms with van der Waals surface area (Å²) in [5, 5.41) is 1.12. The van der Waals surface area contributed by atoms with Crippen molar-refractivity contribution >= 4 is 22.0 Å². The lowest BCUT2D eigenvalue weighted by atomic mass is 9.92. The third-order valence-corrected chi connectivity index (χ3v) is 5.07. The van der Waals surface area contributed by atoms with E-state index in [-0.39, 0.29) is 12.1 Å². The largest absolute Gasteiger partial charge is 0.444 e. The molecule has 24 heavy (non-hydrogen) atoms. The van der Waals surface area contributed by atoms with Crippen molar-refractivity contribution in [1.82, 2.24) is 4.90 Å². The molecule has 0 aromatic carbocycles. The van der Waals surface area contributed by atoms with E-state index in [2.05, 4.69) is 15.9 Å². The topological polar surface area (TPSA) is 38.8 Å². The average molecular weight is 406 g/mol. The van der Waals surface area contributed by atoms with Crippen molar-refractivity contribution in [2.75, 3.05) is 19.0 Å².